The third kappa shape index (κ3) is 4.01. The zero-order valence-electron chi connectivity index (χ0n) is 13.5. The van der Waals surface area contributed by atoms with Gasteiger partial charge in [0.1, 0.15) is 5.75 Å². The van der Waals surface area contributed by atoms with Crippen LogP contribution in [0.4, 0.5) is 0 Å². The molecule has 118 valence electrons. The van der Waals surface area contributed by atoms with Gasteiger partial charge in [0.25, 0.3) is 0 Å². The van der Waals surface area contributed by atoms with Gasteiger partial charge < -0.3 is 10.5 Å². The first-order valence-corrected chi connectivity index (χ1v) is 8.84. The average Bonchev–Trinajstić information content (AvgIpc) is 2.88. The number of benzene rings is 1. The normalized spacial score (nSPS) is 19.0. The molecule has 1 atom stereocenters. The van der Waals surface area contributed by atoms with Crippen molar-refractivity contribution in [2.45, 2.75) is 58.4 Å². The summed E-state index contributed by atoms with van der Waals surface area (Å²) >= 11 is 3.56. The van der Waals surface area contributed by atoms with Gasteiger partial charge in [-0.1, -0.05) is 42.6 Å². The van der Waals surface area contributed by atoms with Crippen LogP contribution in [0.5, 0.6) is 5.75 Å². The molecule has 0 saturated heterocycles. The molecule has 0 bridgehead atoms. The Bertz CT molecular complexity index is 466. The summed E-state index contributed by atoms with van der Waals surface area (Å²) in [6, 6.07) is 6.41. The lowest BCUT2D eigenvalue weighted by molar-refractivity contribution is 0.181. The van der Waals surface area contributed by atoms with Crippen molar-refractivity contribution in [3.8, 4) is 5.75 Å². The van der Waals surface area contributed by atoms with Crippen LogP contribution < -0.4 is 10.5 Å². The monoisotopic (exact) mass is 353 g/mol. The van der Waals surface area contributed by atoms with Crippen molar-refractivity contribution in [3.05, 3.63) is 28.2 Å². The molecule has 3 heteroatoms. The van der Waals surface area contributed by atoms with Gasteiger partial charge in [0, 0.05) is 10.5 Å². The van der Waals surface area contributed by atoms with Crippen molar-refractivity contribution in [2.75, 3.05) is 7.11 Å². The highest BCUT2D eigenvalue weighted by Crippen LogP contribution is 2.46. The maximum absolute atomic E-state index is 6.70. The molecule has 0 amide bonds. The Morgan fingerprint density at radius 1 is 1.29 bits per heavy atom. The Labute approximate surface area is 137 Å². The summed E-state index contributed by atoms with van der Waals surface area (Å²) in [5.74, 6) is 1.66. The van der Waals surface area contributed by atoms with Crippen LogP contribution in [-0.4, -0.2) is 13.2 Å². The van der Waals surface area contributed by atoms with E-state index >= 15 is 0 Å². The minimum atomic E-state index is 0.214. The van der Waals surface area contributed by atoms with Gasteiger partial charge in [-0.2, -0.15) is 0 Å². The van der Waals surface area contributed by atoms with Gasteiger partial charge in [-0.15, -0.1) is 0 Å². The van der Waals surface area contributed by atoms with Crippen molar-refractivity contribution >= 4 is 15.9 Å². The Hall–Kier alpha value is -0.540. The zero-order chi connectivity index (χ0) is 15.5. The predicted octanol–water partition coefficient (Wildman–Crippen LogP) is 4.93. The van der Waals surface area contributed by atoms with Crippen molar-refractivity contribution < 1.29 is 4.74 Å². The number of nitrogens with two attached hydrogens (primary N) is 1. The maximum atomic E-state index is 6.70. The molecule has 0 aromatic heterocycles. The molecule has 2 nitrogen and oxygen atoms in total. The molecule has 2 rings (SSSR count). The Kier molecular flexibility index (Phi) is 5.73. The van der Waals surface area contributed by atoms with Crippen LogP contribution in [0.15, 0.2) is 22.7 Å². The van der Waals surface area contributed by atoms with E-state index in [1.165, 1.54) is 37.7 Å². The molecular weight excluding hydrogens is 326 g/mol. The molecule has 1 aromatic rings. The summed E-state index contributed by atoms with van der Waals surface area (Å²) in [4.78, 5) is 0. The lowest BCUT2D eigenvalue weighted by Gasteiger charge is -2.37. The first kappa shape index (κ1) is 16.8. The zero-order valence-corrected chi connectivity index (χ0v) is 15.1. The van der Waals surface area contributed by atoms with Crippen LogP contribution in [0.1, 0.15) is 51.5 Å². The van der Waals surface area contributed by atoms with Crippen LogP contribution in [0.2, 0.25) is 0 Å². The van der Waals surface area contributed by atoms with Gasteiger partial charge in [0.2, 0.25) is 0 Å². The summed E-state index contributed by atoms with van der Waals surface area (Å²) in [5.41, 5.74) is 8.24. The lowest BCUT2D eigenvalue weighted by Crippen LogP contribution is -2.42. The van der Waals surface area contributed by atoms with Crippen LogP contribution in [0.25, 0.3) is 0 Å². The van der Waals surface area contributed by atoms with E-state index in [2.05, 4.69) is 35.8 Å². The summed E-state index contributed by atoms with van der Waals surface area (Å²) in [6.07, 6.45) is 7.36. The third-order valence-corrected chi connectivity index (χ3v) is 5.38. The molecule has 1 aliphatic carbocycles. The fourth-order valence-electron chi connectivity index (χ4n) is 3.98. The number of ether oxygens (including phenoxy) is 1. The molecule has 2 N–H and O–H groups in total. The number of methoxy groups -OCH3 is 1. The lowest BCUT2D eigenvalue weighted by atomic mass is 9.71. The van der Waals surface area contributed by atoms with Gasteiger partial charge >= 0.3 is 0 Å². The number of halogens is 1. The largest absolute Gasteiger partial charge is 0.496 e. The average molecular weight is 354 g/mol. The van der Waals surface area contributed by atoms with Crippen molar-refractivity contribution in [1.82, 2.24) is 0 Å². The first-order chi connectivity index (χ1) is 9.97. The molecule has 1 saturated carbocycles. The van der Waals surface area contributed by atoms with Gasteiger partial charge in [-0.3, -0.25) is 0 Å². The summed E-state index contributed by atoms with van der Waals surface area (Å²) in [5, 5.41) is 0. The standard InChI is InChI=1S/C18H28BrNO/c1-13(2)12-18(8-4-5-9-18)17(20)11-14-10-15(19)6-7-16(14)21-3/h6-7,10,13,17H,4-5,8-9,11-12,20H2,1-3H3. The Morgan fingerprint density at radius 3 is 2.52 bits per heavy atom. The fourth-order valence-corrected chi connectivity index (χ4v) is 4.39. The van der Waals surface area contributed by atoms with Crippen molar-refractivity contribution in [2.24, 2.45) is 17.1 Å². The molecule has 1 unspecified atom stereocenters. The second-order valence-electron chi connectivity index (χ2n) is 6.93. The molecular formula is C18H28BrNO. The fraction of sp³-hybridized carbons (Fsp3) is 0.667. The van der Waals surface area contributed by atoms with E-state index in [0.29, 0.717) is 11.3 Å². The summed E-state index contributed by atoms with van der Waals surface area (Å²) in [7, 11) is 1.73. The number of hydrogen-bond acceptors (Lipinski definition) is 2. The number of hydrogen-bond donors (Lipinski definition) is 1. The maximum Gasteiger partial charge on any atom is 0.122 e. The molecule has 0 heterocycles. The quantitative estimate of drug-likeness (QED) is 0.786. The van der Waals surface area contributed by atoms with E-state index in [0.717, 1.165) is 16.6 Å². The molecule has 0 aliphatic heterocycles. The highest BCUT2D eigenvalue weighted by Gasteiger charge is 2.39. The van der Waals surface area contributed by atoms with Gasteiger partial charge in [-0.05, 0) is 60.8 Å². The van der Waals surface area contributed by atoms with Gasteiger partial charge in [-0.25, -0.2) is 0 Å². The highest BCUT2D eigenvalue weighted by molar-refractivity contribution is 9.10. The van der Waals surface area contributed by atoms with Gasteiger partial charge in [0.15, 0.2) is 0 Å². The smallest absolute Gasteiger partial charge is 0.122 e. The summed E-state index contributed by atoms with van der Waals surface area (Å²) in [6.45, 7) is 4.62. The van der Waals surface area contributed by atoms with E-state index < -0.39 is 0 Å². The Balaban J connectivity index is 2.19. The van der Waals surface area contributed by atoms with Crippen LogP contribution in [0.3, 0.4) is 0 Å². The number of rotatable bonds is 6. The SMILES string of the molecule is COc1ccc(Br)cc1CC(N)C1(CC(C)C)CCCC1. The minimum absolute atomic E-state index is 0.214. The van der Waals surface area contributed by atoms with Crippen LogP contribution >= 0.6 is 15.9 Å². The van der Waals surface area contributed by atoms with E-state index in [-0.39, 0.29) is 6.04 Å². The minimum Gasteiger partial charge on any atom is -0.496 e. The van der Waals surface area contributed by atoms with E-state index in [9.17, 15) is 0 Å². The molecule has 0 spiro atoms. The van der Waals surface area contributed by atoms with E-state index in [1.807, 2.05) is 12.1 Å². The third-order valence-electron chi connectivity index (χ3n) is 4.88. The first-order valence-electron chi connectivity index (χ1n) is 8.05. The Morgan fingerprint density at radius 2 is 1.95 bits per heavy atom. The van der Waals surface area contributed by atoms with Crippen LogP contribution in [0, 0.1) is 11.3 Å². The van der Waals surface area contributed by atoms with Crippen molar-refractivity contribution in [3.63, 3.8) is 0 Å². The van der Waals surface area contributed by atoms with Crippen molar-refractivity contribution in [1.29, 1.82) is 0 Å². The van der Waals surface area contributed by atoms with E-state index in [4.69, 9.17) is 10.5 Å². The predicted molar refractivity (Wildman–Crippen MR) is 92.7 cm³/mol. The molecule has 1 aliphatic rings. The molecule has 1 aromatic carbocycles. The highest BCUT2D eigenvalue weighted by atomic mass is 79.9. The summed E-state index contributed by atoms with van der Waals surface area (Å²) < 4.78 is 6.59. The molecule has 21 heavy (non-hydrogen) atoms. The molecule has 0 radical (unpaired) electrons. The topological polar surface area (TPSA) is 35.2 Å². The van der Waals surface area contributed by atoms with E-state index in [1.54, 1.807) is 7.11 Å². The van der Waals surface area contributed by atoms with Crippen LogP contribution in [-0.2, 0) is 6.42 Å². The second-order valence-corrected chi connectivity index (χ2v) is 7.85. The molecule has 1 fully saturated rings. The second kappa shape index (κ2) is 7.15. The van der Waals surface area contributed by atoms with Gasteiger partial charge in [0.05, 0.1) is 7.11 Å².